The molecule has 3 nitrogen and oxygen atoms in total. The second kappa shape index (κ2) is 4.84. The molecule has 0 aromatic heterocycles. The molecule has 0 fully saturated rings. The van der Waals surface area contributed by atoms with Gasteiger partial charge < -0.3 is 5.73 Å². The molecule has 0 aliphatic heterocycles. The minimum Gasteiger partial charge on any atom is -0.370 e. The van der Waals surface area contributed by atoms with E-state index in [1.807, 2.05) is 0 Å². The molecule has 13 heavy (non-hydrogen) atoms. The molecule has 6 heteroatoms. The quantitative estimate of drug-likeness (QED) is 0.718. The van der Waals surface area contributed by atoms with Crippen molar-refractivity contribution in [2.45, 2.75) is 31.9 Å². The van der Waals surface area contributed by atoms with Crippen molar-refractivity contribution in [1.82, 2.24) is 0 Å². The second-order valence-electron chi connectivity index (χ2n) is 2.62. The number of hydrogen-bond acceptors (Lipinski definition) is 2. The lowest BCUT2D eigenvalue weighted by molar-refractivity contribution is -0.143. The van der Waals surface area contributed by atoms with E-state index in [-0.39, 0.29) is 12.8 Å². The van der Waals surface area contributed by atoms with Gasteiger partial charge in [0.15, 0.2) is 0 Å². The highest BCUT2D eigenvalue weighted by Gasteiger charge is 2.27. The van der Waals surface area contributed by atoms with E-state index >= 15 is 0 Å². The van der Waals surface area contributed by atoms with Crippen LogP contribution in [0, 0.1) is 0 Å². The highest BCUT2D eigenvalue weighted by atomic mass is 19.4. The molecule has 0 bridgehead atoms. The lowest BCUT2D eigenvalue weighted by atomic mass is 10.1. The van der Waals surface area contributed by atoms with Gasteiger partial charge in [-0.2, -0.15) is 13.2 Å². The fourth-order valence-corrected chi connectivity index (χ4v) is 0.669. The summed E-state index contributed by atoms with van der Waals surface area (Å²) in [6.07, 6.45) is -6.41. The molecular weight excluding hydrogens is 187 g/mol. The first-order valence-electron chi connectivity index (χ1n) is 3.68. The van der Waals surface area contributed by atoms with E-state index in [0.717, 1.165) is 0 Å². The third-order valence-corrected chi connectivity index (χ3v) is 1.34. The van der Waals surface area contributed by atoms with E-state index in [1.165, 1.54) is 0 Å². The zero-order valence-electron chi connectivity index (χ0n) is 6.86. The predicted octanol–water partition coefficient (Wildman–Crippen LogP) is 1.16. The van der Waals surface area contributed by atoms with Crippen molar-refractivity contribution >= 4 is 11.7 Å². The van der Waals surface area contributed by atoms with Gasteiger partial charge in [-0.3, -0.25) is 9.59 Å². The molecule has 0 aromatic carbocycles. The van der Waals surface area contributed by atoms with Crippen LogP contribution >= 0.6 is 0 Å². The van der Waals surface area contributed by atoms with Crippen LogP contribution in [-0.2, 0) is 9.59 Å². The summed E-state index contributed by atoms with van der Waals surface area (Å²) in [6, 6.07) is 0. The minimum atomic E-state index is -4.32. The monoisotopic (exact) mass is 197 g/mol. The van der Waals surface area contributed by atoms with Crippen molar-refractivity contribution in [3.63, 3.8) is 0 Å². The molecule has 0 saturated carbocycles. The molecule has 0 aliphatic carbocycles. The van der Waals surface area contributed by atoms with Crippen LogP contribution in [0.5, 0.6) is 0 Å². The highest BCUT2D eigenvalue weighted by Crippen LogP contribution is 2.21. The molecule has 0 aliphatic rings. The summed E-state index contributed by atoms with van der Waals surface area (Å²) in [6.45, 7) is 0. The first kappa shape index (κ1) is 11.9. The summed E-state index contributed by atoms with van der Waals surface area (Å²) < 4.78 is 34.7. The fraction of sp³-hybridized carbons (Fsp3) is 0.714. The molecular formula is C7H10F3NO2. The van der Waals surface area contributed by atoms with Crippen molar-refractivity contribution in [1.29, 1.82) is 0 Å². The zero-order chi connectivity index (χ0) is 10.5. The lowest BCUT2D eigenvalue weighted by Gasteiger charge is -2.04. The Balaban J connectivity index is 3.58. The van der Waals surface area contributed by atoms with E-state index in [4.69, 9.17) is 5.73 Å². The summed E-state index contributed by atoms with van der Waals surface area (Å²) in [5.74, 6) is -1.27. The summed E-state index contributed by atoms with van der Waals surface area (Å²) in [4.78, 5) is 20.8. The number of amides is 1. The van der Waals surface area contributed by atoms with E-state index < -0.39 is 30.7 Å². The van der Waals surface area contributed by atoms with E-state index in [2.05, 4.69) is 0 Å². The Kier molecular flexibility index (Phi) is 4.44. The average Bonchev–Trinajstić information content (AvgIpc) is 1.95. The summed E-state index contributed by atoms with van der Waals surface area (Å²) in [7, 11) is 0. The van der Waals surface area contributed by atoms with Crippen molar-refractivity contribution in [2.75, 3.05) is 0 Å². The molecule has 0 aromatic rings. The molecule has 0 spiro atoms. The van der Waals surface area contributed by atoms with Crippen LogP contribution in [0.2, 0.25) is 0 Å². The van der Waals surface area contributed by atoms with Gasteiger partial charge in [0, 0.05) is 19.3 Å². The van der Waals surface area contributed by atoms with Gasteiger partial charge in [-0.15, -0.1) is 0 Å². The van der Waals surface area contributed by atoms with Crippen LogP contribution < -0.4 is 5.73 Å². The Labute approximate surface area is 73.1 Å². The molecule has 0 saturated heterocycles. The number of ketones is 1. The van der Waals surface area contributed by atoms with Gasteiger partial charge in [0.2, 0.25) is 5.91 Å². The SMILES string of the molecule is NC(=O)CCC(=O)CCC(F)(F)F. The van der Waals surface area contributed by atoms with Crippen LogP contribution in [0.1, 0.15) is 25.7 Å². The lowest BCUT2D eigenvalue weighted by Crippen LogP contribution is -2.14. The summed E-state index contributed by atoms with van der Waals surface area (Å²) in [5.41, 5.74) is 4.71. The van der Waals surface area contributed by atoms with Gasteiger partial charge in [0.05, 0.1) is 6.42 Å². The Hall–Kier alpha value is -1.07. The summed E-state index contributed by atoms with van der Waals surface area (Å²) >= 11 is 0. The number of Topliss-reactive ketones (excluding diaryl/α,β-unsaturated/α-hetero) is 1. The van der Waals surface area contributed by atoms with Gasteiger partial charge in [-0.25, -0.2) is 0 Å². The van der Waals surface area contributed by atoms with E-state index in [0.29, 0.717) is 0 Å². The normalized spacial score (nSPS) is 11.3. The zero-order valence-corrected chi connectivity index (χ0v) is 6.86. The maximum Gasteiger partial charge on any atom is 0.389 e. The third kappa shape index (κ3) is 8.84. The van der Waals surface area contributed by atoms with Gasteiger partial charge in [0.25, 0.3) is 0 Å². The van der Waals surface area contributed by atoms with Crippen LogP contribution in [0.4, 0.5) is 13.2 Å². The van der Waals surface area contributed by atoms with Crippen LogP contribution in [0.25, 0.3) is 0 Å². The Morgan fingerprint density at radius 2 is 1.62 bits per heavy atom. The predicted molar refractivity (Wildman–Crippen MR) is 38.7 cm³/mol. The van der Waals surface area contributed by atoms with Crippen molar-refractivity contribution < 1.29 is 22.8 Å². The number of hydrogen-bond donors (Lipinski definition) is 1. The first-order chi connectivity index (χ1) is 5.81. The number of primary amides is 1. The number of halogens is 3. The van der Waals surface area contributed by atoms with Gasteiger partial charge >= 0.3 is 6.18 Å². The molecule has 0 unspecified atom stereocenters. The van der Waals surface area contributed by atoms with Crippen molar-refractivity contribution in [3.05, 3.63) is 0 Å². The standard InChI is InChI=1S/C7H10F3NO2/c8-7(9,10)4-3-5(12)1-2-6(11)13/h1-4H2,(H2,11,13). The van der Waals surface area contributed by atoms with Crippen LogP contribution in [-0.4, -0.2) is 17.9 Å². The fourth-order valence-electron chi connectivity index (χ4n) is 0.669. The van der Waals surface area contributed by atoms with E-state index in [1.54, 1.807) is 0 Å². The van der Waals surface area contributed by atoms with E-state index in [9.17, 15) is 22.8 Å². The molecule has 2 N–H and O–H groups in total. The minimum absolute atomic E-state index is 0.184. The van der Waals surface area contributed by atoms with Gasteiger partial charge in [-0.05, 0) is 0 Å². The molecule has 76 valence electrons. The number of carbonyl (C=O) groups excluding carboxylic acids is 2. The van der Waals surface area contributed by atoms with Gasteiger partial charge in [0.1, 0.15) is 5.78 Å². The second-order valence-corrected chi connectivity index (χ2v) is 2.62. The topological polar surface area (TPSA) is 60.2 Å². The maximum absolute atomic E-state index is 11.6. The number of nitrogens with two attached hydrogens (primary N) is 1. The van der Waals surface area contributed by atoms with Crippen LogP contribution in [0.15, 0.2) is 0 Å². The first-order valence-corrected chi connectivity index (χ1v) is 3.68. The number of alkyl halides is 3. The number of carbonyl (C=O) groups is 2. The Morgan fingerprint density at radius 1 is 1.08 bits per heavy atom. The Bertz CT molecular complexity index is 200. The van der Waals surface area contributed by atoms with Crippen molar-refractivity contribution in [2.24, 2.45) is 5.73 Å². The molecule has 0 rings (SSSR count). The van der Waals surface area contributed by atoms with Crippen molar-refractivity contribution in [3.8, 4) is 0 Å². The molecule has 0 atom stereocenters. The highest BCUT2D eigenvalue weighted by molar-refractivity contribution is 5.84. The molecule has 1 amide bonds. The third-order valence-electron chi connectivity index (χ3n) is 1.34. The number of rotatable bonds is 5. The average molecular weight is 197 g/mol. The smallest absolute Gasteiger partial charge is 0.370 e. The Morgan fingerprint density at radius 3 is 2.00 bits per heavy atom. The molecule has 0 radical (unpaired) electrons. The van der Waals surface area contributed by atoms with Crippen LogP contribution in [0.3, 0.4) is 0 Å². The molecule has 0 heterocycles. The maximum atomic E-state index is 11.6. The summed E-state index contributed by atoms with van der Waals surface area (Å²) in [5, 5.41) is 0. The van der Waals surface area contributed by atoms with Gasteiger partial charge in [-0.1, -0.05) is 0 Å². The largest absolute Gasteiger partial charge is 0.389 e.